The third kappa shape index (κ3) is 5.16. The zero-order valence-electron chi connectivity index (χ0n) is 21.9. The van der Waals surface area contributed by atoms with E-state index in [1.54, 1.807) is 24.1 Å². The third-order valence-electron chi connectivity index (χ3n) is 7.13. The van der Waals surface area contributed by atoms with Crippen LogP contribution in [0.15, 0.2) is 97.1 Å². The number of anilines is 2. The summed E-state index contributed by atoms with van der Waals surface area (Å²) in [5, 5.41) is 3.05. The number of ether oxygens (including phenoxy) is 4. The molecule has 0 saturated carbocycles. The van der Waals surface area contributed by atoms with E-state index in [0.717, 1.165) is 11.3 Å². The average Bonchev–Trinajstić information content (AvgIpc) is 3.47. The summed E-state index contributed by atoms with van der Waals surface area (Å²) in [4.78, 5) is 28.9. The maximum Gasteiger partial charge on any atom is 0.231 e. The molecule has 0 bridgehead atoms. The minimum atomic E-state index is -0.534. The summed E-state index contributed by atoms with van der Waals surface area (Å²) in [5.41, 5.74) is 2.12. The fraction of sp³-hybridized carbons (Fsp3) is 0.188. The van der Waals surface area contributed by atoms with E-state index in [2.05, 4.69) is 5.32 Å². The summed E-state index contributed by atoms with van der Waals surface area (Å²) in [6.07, 6.45) is 0.653. The molecule has 0 aromatic heterocycles. The summed E-state index contributed by atoms with van der Waals surface area (Å²) in [6.45, 7) is 0.134. The molecule has 6 rings (SSSR count). The Labute approximate surface area is 232 Å². The predicted molar refractivity (Wildman–Crippen MR) is 150 cm³/mol. The number of amides is 2. The Bertz CT molecular complexity index is 1510. The minimum absolute atomic E-state index is 0.0638. The molecule has 4 aromatic carbocycles. The van der Waals surface area contributed by atoms with Crippen LogP contribution in [0.5, 0.6) is 28.7 Å². The van der Waals surface area contributed by atoms with Gasteiger partial charge in [0.25, 0.3) is 0 Å². The number of rotatable bonds is 7. The first-order chi connectivity index (χ1) is 19.6. The lowest BCUT2D eigenvalue weighted by molar-refractivity contribution is -0.125. The van der Waals surface area contributed by atoms with Crippen molar-refractivity contribution in [3.05, 3.63) is 103 Å². The topological polar surface area (TPSA) is 86.3 Å². The van der Waals surface area contributed by atoms with Crippen LogP contribution in [0.1, 0.15) is 24.4 Å². The van der Waals surface area contributed by atoms with Crippen molar-refractivity contribution in [1.29, 1.82) is 0 Å². The van der Waals surface area contributed by atoms with Crippen LogP contribution in [0.2, 0.25) is 0 Å². The fourth-order valence-electron chi connectivity index (χ4n) is 5.15. The zero-order chi connectivity index (χ0) is 27.5. The lowest BCUT2D eigenvalue weighted by atomic mass is 9.83. The van der Waals surface area contributed by atoms with E-state index in [0.29, 0.717) is 40.8 Å². The van der Waals surface area contributed by atoms with Crippen LogP contribution >= 0.6 is 0 Å². The minimum Gasteiger partial charge on any atom is -0.497 e. The second-order valence-corrected chi connectivity index (χ2v) is 9.59. The number of nitrogens with zero attached hydrogens (tertiary/aromatic N) is 1. The van der Waals surface area contributed by atoms with Gasteiger partial charge < -0.3 is 29.2 Å². The van der Waals surface area contributed by atoms with Gasteiger partial charge in [0.1, 0.15) is 17.2 Å². The maximum atomic E-state index is 13.8. The monoisotopic (exact) mass is 536 g/mol. The number of piperidine rings is 1. The van der Waals surface area contributed by atoms with Gasteiger partial charge in [0.2, 0.25) is 18.6 Å². The Morgan fingerprint density at radius 1 is 0.850 bits per heavy atom. The molecule has 2 heterocycles. The van der Waals surface area contributed by atoms with Crippen LogP contribution in [0.3, 0.4) is 0 Å². The number of hydrogen-bond acceptors (Lipinski definition) is 6. The normalized spacial score (nSPS) is 17.8. The highest BCUT2D eigenvalue weighted by Crippen LogP contribution is 2.44. The van der Waals surface area contributed by atoms with Crippen molar-refractivity contribution >= 4 is 23.2 Å². The number of carbonyl (C=O) groups is 2. The van der Waals surface area contributed by atoms with Crippen LogP contribution in [0.4, 0.5) is 11.4 Å². The number of nitrogens with one attached hydrogen (secondary N) is 1. The molecule has 2 atom stereocenters. The second kappa shape index (κ2) is 11.0. The second-order valence-electron chi connectivity index (χ2n) is 9.59. The summed E-state index contributed by atoms with van der Waals surface area (Å²) >= 11 is 0. The molecule has 0 aliphatic carbocycles. The predicted octanol–water partition coefficient (Wildman–Crippen LogP) is 6.34. The van der Waals surface area contributed by atoms with Crippen molar-refractivity contribution in [2.45, 2.75) is 18.9 Å². The molecule has 202 valence electrons. The number of carbonyl (C=O) groups excluding carboxylic acids is 2. The summed E-state index contributed by atoms with van der Waals surface area (Å²) in [6, 6.07) is 29.1. The molecule has 8 heteroatoms. The first kappa shape index (κ1) is 25.3. The van der Waals surface area contributed by atoms with Gasteiger partial charge in [0, 0.05) is 23.9 Å². The van der Waals surface area contributed by atoms with E-state index in [9.17, 15) is 9.59 Å². The molecule has 0 spiro atoms. The molecule has 40 heavy (non-hydrogen) atoms. The Morgan fingerprint density at radius 2 is 1.55 bits per heavy atom. The van der Waals surface area contributed by atoms with E-state index in [4.69, 9.17) is 18.9 Å². The fourth-order valence-corrected chi connectivity index (χ4v) is 5.15. The molecule has 8 nitrogen and oxygen atoms in total. The van der Waals surface area contributed by atoms with E-state index in [-0.39, 0.29) is 25.0 Å². The highest BCUT2D eigenvalue weighted by atomic mass is 16.7. The molecular weight excluding hydrogens is 508 g/mol. The molecule has 1 N–H and O–H groups in total. The summed E-state index contributed by atoms with van der Waals surface area (Å²) in [5.74, 6) is 2.55. The molecule has 2 amide bonds. The Kier molecular flexibility index (Phi) is 6.97. The molecule has 0 radical (unpaired) electrons. The molecule has 1 saturated heterocycles. The van der Waals surface area contributed by atoms with Gasteiger partial charge in [0.05, 0.1) is 19.1 Å². The largest absolute Gasteiger partial charge is 0.497 e. The van der Waals surface area contributed by atoms with Gasteiger partial charge in [-0.25, -0.2) is 0 Å². The standard InChI is InChI=1S/C32H28N2O6/c1-37-24-12-7-21(8-13-24)31-27(16-18-30(35)34(31)23-11-17-28-29(19-23)39-20-38-28)32(36)33-22-9-14-26(15-10-22)40-25-5-3-2-4-6-25/h2-15,17,19,27,31H,16,18,20H2,1H3,(H,33,36)/t27-,31-/m1/s1. The lowest BCUT2D eigenvalue weighted by Crippen LogP contribution is -2.46. The van der Waals surface area contributed by atoms with Gasteiger partial charge in [-0.1, -0.05) is 30.3 Å². The zero-order valence-corrected chi connectivity index (χ0v) is 21.9. The highest BCUT2D eigenvalue weighted by Gasteiger charge is 2.42. The quantitative estimate of drug-likeness (QED) is 0.297. The Hall–Kier alpha value is -4.98. The first-order valence-corrected chi connectivity index (χ1v) is 13.1. The van der Waals surface area contributed by atoms with Crippen LogP contribution < -0.4 is 29.2 Å². The van der Waals surface area contributed by atoms with Gasteiger partial charge >= 0.3 is 0 Å². The van der Waals surface area contributed by atoms with Gasteiger partial charge in [-0.3, -0.25) is 9.59 Å². The molecular formula is C32H28N2O6. The van der Waals surface area contributed by atoms with E-state index in [1.165, 1.54) is 0 Å². The van der Waals surface area contributed by atoms with Crippen molar-refractivity contribution in [3.8, 4) is 28.7 Å². The van der Waals surface area contributed by atoms with Crippen molar-refractivity contribution in [3.63, 3.8) is 0 Å². The summed E-state index contributed by atoms with van der Waals surface area (Å²) < 4.78 is 22.2. The number of benzene rings is 4. The lowest BCUT2D eigenvalue weighted by Gasteiger charge is -2.41. The summed E-state index contributed by atoms with van der Waals surface area (Å²) in [7, 11) is 1.60. The van der Waals surface area contributed by atoms with Gasteiger partial charge in [0.15, 0.2) is 11.5 Å². The first-order valence-electron chi connectivity index (χ1n) is 13.1. The number of methoxy groups -OCH3 is 1. The third-order valence-corrected chi connectivity index (χ3v) is 7.13. The molecule has 4 aromatic rings. The number of hydrogen-bond donors (Lipinski definition) is 1. The van der Waals surface area contributed by atoms with Crippen LogP contribution in [-0.2, 0) is 9.59 Å². The highest BCUT2D eigenvalue weighted by molar-refractivity contribution is 6.00. The average molecular weight is 537 g/mol. The van der Waals surface area contributed by atoms with E-state index < -0.39 is 12.0 Å². The molecule has 2 aliphatic heterocycles. The molecule has 1 fully saturated rings. The van der Waals surface area contributed by atoms with Crippen molar-refractivity contribution in [2.75, 3.05) is 24.1 Å². The Morgan fingerprint density at radius 3 is 2.30 bits per heavy atom. The van der Waals surface area contributed by atoms with Crippen LogP contribution in [-0.4, -0.2) is 25.7 Å². The van der Waals surface area contributed by atoms with Gasteiger partial charge in [-0.15, -0.1) is 0 Å². The van der Waals surface area contributed by atoms with E-state index >= 15 is 0 Å². The van der Waals surface area contributed by atoms with Crippen molar-refractivity contribution in [2.24, 2.45) is 5.92 Å². The van der Waals surface area contributed by atoms with Crippen molar-refractivity contribution < 1.29 is 28.5 Å². The Balaban J connectivity index is 1.28. The number of para-hydroxylation sites is 1. The van der Waals surface area contributed by atoms with Gasteiger partial charge in [-0.05, 0) is 72.6 Å². The van der Waals surface area contributed by atoms with Crippen LogP contribution in [0, 0.1) is 5.92 Å². The number of fused-ring (bicyclic) bond motifs is 1. The molecule has 2 aliphatic rings. The maximum absolute atomic E-state index is 13.8. The SMILES string of the molecule is COc1ccc([C@@H]2[C@H](C(=O)Nc3ccc(Oc4ccccc4)cc3)CCC(=O)N2c2ccc3c(c2)OCO3)cc1. The van der Waals surface area contributed by atoms with E-state index in [1.807, 2.05) is 84.9 Å². The van der Waals surface area contributed by atoms with Crippen LogP contribution in [0.25, 0.3) is 0 Å². The smallest absolute Gasteiger partial charge is 0.231 e. The van der Waals surface area contributed by atoms with Gasteiger partial charge in [-0.2, -0.15) is 0 Å². The molecule has 0 unspecified atom stereocenters. The van der Waals surface area contributed by atoms with Crippen molar-refractivity contribution in [1.82, 2.24) is 0 Å².